The van der Waals surface area contributed by atoms with Crippen LogP contribution in [0.3, 0.4) is 0 Å². The summed E-state index contributed by atoms with van der Waals surface area (Å²) >= 11 is 3.30. The highest BCUT2D eigenvalue weighted by molar-refractivity contribution is 9.10. The van der Waals surface area contributed by atoms with Crippen molar-refractivity contribution in [1.82, 2.24) is 0 Å². The Bertz CT molecular complexity index is 440. The summed E-state index contributed by atoms with van der Waals surface area (Å²) in [4.78, 5) is 22.6. The molecule has 96 valence electrons. The number of ether oxygens (including phenoxy) is 1. The number of nitrogens with one attached hydrogen (secondary N) is 1. The van der Waals surface area contributed by atoms with Crippen molar-refractivity contribution in [1.29, 1.82) is 0 Å². The highest BCUT2D eigenvalue weighted by Gasteiger charge is 2.05. The van der Waals surface area contributed by atoms with Crippen molar-refractivity contribution in [2.45, 2.75) is 13.3 Å². The number of halogens is 1. The fraction of sp³-hybridized carbons (Fsp3) is 0.231. The lowest BCUT2D eigenvalue weighted by atomic mass is 10.3. The van der Waals surface area contributed by atoms with Crippen LogP contribution in [-0.2, 0) is 14.3 Å². The lowest BCUT2D eigenvalue weighted by Gasteiger charge is -2.05. The Hall–Kier alpha value is -1.62. The summed E-state index contributed by atoms with van der Waals surface area (Å²) in [5.41, 5.74) is 0.656. The van der Waals surface area contributed by atoms with Crippen LogP contribution in [-0.4, -0.2) is 18.5 Å². The van der Waals surface area contributed by atoms with Crippen LogP contribution in [0.15, 0.2) is 40.9 Å². The minimum absolute atomic E-state index is 0.289. The lowest BCUT2D eigenvalue weighted by molar-refractivity contribution is -0.142. The van der Waals surface area contributed by atoms with Crippen LogP contribution in [0.5, 0.6) is 0 Å². The smallest absolute Gasteiger partial charge is 0.330 e. The zero-order chi connectivity index (χ0) is 13.4. The summed E-state index contributed by atoms with van der Waals surface area (Å²) in [7, 11) is 0. The Morgan fingerprint density at radius 3 is 2.61 bits per heavy atom. The van der Waals surface area contributed by atoms with Gasteiger partial charge in [0.15, 0.2) is 6.61 Å². The van der Waals surface area contributed by atoms with Gasteiger partial charge in [0.1, 0.15) is 0 Å². The maximum atomic E-state index is 11.5. The number of hydrogen-bond acceptors (Lipinski definition) is 3. The van der Waals surface area contributed by atoms with Crippen LogP contribution in [0.1, 0.15) is 13.3 Å². The summed E-state index contributed by atoms with van der Waals surface area (Å²) in [6.45, 7) is 1.62. The summed E-state index contributed by atoms with van der Waals surface area (Å²) in [6, 6.07) is 7.12. The van der Waals surface area contributed by atoms with Gasteiger partial charge in [0.2, 0.25) is 0 Å². The molecule has 1 aromatic rings. The number of carbonyl (C=O) groups is 2. The lowest BCUT2D eigenvalue weighted by Crippen LogP contribution is -2.20. The number of amides is 1. The summed E-state index contributed by atoms with van der Waals surface area (Å²) in [5, 5.41) is 2.62. The van der Waals surface area contributed by atoms with Crippen molar-refractivity contribution in [2.75, 3.05) is 11.9 Å². The molecule has 0 saturated carbocycles. The third-order valence-electron chi connectivity index (χ3n) is 1.96. The number of esters is 1. The van der Waals surface area contributed by atoms with Gasteiger partial charge in [0.05, 0.1) is 0 Å². The van der Waals surface area contributed by atoms with Crippen molar-refractivity contribution in [2.24, 2.45) is 0 Å². The van der Waals surface area contributed by atoms with E-state index in [0.717, 1.165) is 10.9 Å². The maximum Gasteiger partial charge on any atom is 0.330 e. The quantitative estimate of drug-likeness (QED) is 0.672. The largest absolute Gasteiger partial charge is 0.452 e. The second-order valence-corrected chi connectivity index (χ2v) is 4.39. The molecule has 0 spiro atoms. The molecule has 0 aliphatic carbocycles. The average Bonchev–Trinajstić information content (AvgIpc) is 2.36. The van der Waals surface area contributed by atoms with E-state index in [9.17, 15) is 9.59 Å². The van der Waals surface area contributed by atoms with E-state index in [1.807, 2.05) is 19.1 Å². The van der Waals surface area contributed by atoms with Crippen molar-refractivity contribution in [3.8, 4) is 0 Å². The van der Waals surface area contributed by atoms with Crippen molar-refractivity contribution in [3.63, 3.8) is 0 Å². The Kier molecular flexibility index (Phi) is 6.14. The van der Waals surface area contributed by atoms with Crippen molar-refractivity contribution < 1.29 is 14.3 Å². The molecular weight excluding hydrogens is 298 g/mol. The van der Waals surface area contributed by atoms with E-state index >= 15 is 0 Å². The zero-order valence-electron chi connectivity index (χ0n) is 9.98. The topological polar surface area (TPSA) is 55.4 Å². The Morgan fingerprint density at radius 1 is 1.33 bits per heavy atom. The van der Waals surface area contributed by atoms with Gasteiger partial charge in [-0.25, -0.2) is 4.79 Å². The monoisotopic (exact) mass is 311 g/mol. The molecule has 0 atom stereocenters. The minimum Gasteiger partial charge on any atom is -0.452 e. The molecule has 1 amide bonds. The van der Waals surface area contributed by atoms with E-state index in [0.29, 0.717) is 5.69 Å². The average molecular weight is 312 g/mol. The predicted octanol–water partition coefficient (Wildman–Crippen LogP) is 2.90. The standard InChI is InChI=1S/C13H14BrNO3/c1-2-3-4-13(17)18-9-12(16)15-11-7-5-10(14)6-8-11/h3-8H,2,9H2,1H3,(H,15,16)/b4-3+. The van der Waals surface area contributed by atoms with E-state index in [1.54, 1.807) is 18.2 Å². The molecule has 0 unspecified atom stereocenters. The van der Waals surface area contributed by atoms with Gasteiger partial charge in [-0.15, -0.1) is 0 Å². The molecule has 1 N–H and O–H groups in total. The first kappa shape index (κ1) is 14.4. The zero-order valence-corrected chi connectivity index (χ0v) is 11.6. The predicted molar refractivity (Wildman–Crippen MR) is 73.2 cm³/mol. The van der Waals surface area contributed by atoms with Crippen LogP contribution in [0, 0.1) is 0 Å². The van der Waals surface area contributed by atoms with Crippen molar-refractivity contribution >= 4 is 33.5 Å². The molecule has 0 heterocycles. The number of allylic oxidation sites excluding steroid dienone is 1. The van der Waals surface area contributed by atoms with Crippen LogP contribution < -0.4 is 5.32 Å². The van der Waals surface area contributed by atoms with Crippen LogP contribution >= 0.6 is 15.9 Å². The number of benzene rings is 1. The first-order chi connectivity index (χ1) is 8.61. The molecule has 0 radical (unpaired) electrons. The van der Waals surface area contributed by atoms with Gasteiger partial charge >= 0.3 is 5.97 Å². The number of hydrogen-bond donors (Lipinski definition) is 1. The minimum atomic E-state index is -0.511. The molecule has 1 aromatic carbocycles. The van der Waals surface area contributed by atoms with Gasteiger partial charge in [-0.3, -0.25) is 4.79 Å². The number of carbonyl (C=O) groups excluding carboxylic acids is 2. The van der Waals surface area contributed by atoms with Gasteiger partial charge < -0.3 is 10.1 Å². The first-order valence-corrected chi connectivity index (χ1v) is 6.30. The Labute approximate surface area is 114 Å². The molecule has 0 saturated heterocycles. The molecule has 0 bridgehead atoms. The number of rotatable bonds is 5. The summed E-state index contributed by atoms with van der Waals surface area (Å²) in [5.74, 6) is -0.877. The summed E-state index contributed by atoms with van der Waals surface area (Å²) in [6.07, 6.45) is 3.74. The van der Waals surface area contributed by atoms with E-state index in [4.69, 9.17) is 4.74 Å². The van der Waals surface area contributed by atoms with Crippen LogP contribution in [0.25, 0.3) is 0 Å². The second-order valence-electron chi connectivity index (χ2n) is 3.47. The maximum absolute atomic E-state index is 11.5. The third kappa shape index (κ3) is 5.63. The molecule has 0 aliphatic heterocycles. The molecule has 0 fully saturated rings. The third-order valence-corrected chi connectivity index (χ3v) is 2.49. The van der Waals surface area contributed by atoms with E-state index < -0.39 is 5.97 Å². The molecule has 0 aromatic heterocycles. The van der Waals surface area contributed by atoms with E-state index in [1.165, 1.54) is 6.08 Å². The fourth-order valence-electron chi connectivity index (χ4n) is 1.13. The Morgan fingerprint density at radius 2 is 2.00 bits per heavy atom. The van der Waals surface area contributed by atoms with E-state index in [-0.39, 0.29) is 12.5 Å². The Balaban J connectivity index is 2.36. The molecule has 1 rings (SSSR count). The molecule has 4 nitrogen and oxygen atoms in total. The highest BCUT2D eigenvalue weighted by atomic mass is 79.9. The molecule has 5 heteroatoms. The van der Waals surface area contributed by atoms with Crippen LogP contribution in [0.4, 0.5) is 5.69 Å². The fourth-order valence-corrected chi connectivity index (χ4v) is 1.39. The van der Waals surface area contributed by atoms with Gasteiger partial charge in [0.25, 0.3) is 5.91 Å². The molecule has 0 aliphatic rings. The van der Waals surface area contributed by atoms with Gasteiger partial charge in [-0.2, -0.15) is 0 Å². The second kappa shape index (κ2) is 7.66. The molecule has 18 heavy (non-hydrogen) atoms. The summed E-state index contributed by atoms with van der Waals surface area (Å²) < 4.78 is 5.68. The van der Waals surface area contributed by atoms with Gasteiger partial charge in [0, 0.05) is 16.2 Å². The SMILES string of the molecule is CC/C=C/C(=O)OCC(=O)Nc1ccc(Br)cc1. The van der Waals surface area contributed by atoms with Gasteiger partial charge in [-0.05, 0) is 30.7 Å². The van der Waals surface area contributed by atoms with Crippen LogP contribution in [0.2, 0.25) is 0 Å². The van der Waals surface area contributed by atoms with Crippen molar-refractivity contribution in [3.05, 3.63) is 40.9 Å². The normalized spacial score (nSPS) is 10.3. The number of anilines is 1. The van der Waals surface area contributed by atoms with Gasteiger partial charge in [-0.1, -0.05) is 28.9 Å². The first-order valence-electron chi connectivity index (χ1n) is 5.50. The highest BCUT2D eigenvalue weighted by Crippen LogP contribution is 2.13. The van der Waals surface area contributed by atoms with E-state index in [2.05, 4.69) is 21.2 Å². The molecular formula is C13H14BrNO3.